The second kappa shape index (κ2) is 8.36. The van der Waals surface area contributed by atoms with Crippen LogP contribution in [0.5, 0.6) is 0 Å². The van der Waals surface area contributed by atoms with E-state index in [1.807, 2.05) is 0 Å². The van der Waals surface area contributed by atoms with Gasteiger partial charge in [-0.3, -0.25) is 9.59 Å². The molecule has 3 rings (SSSR count). The molecule has 0 bridgehead atoms. The van der Waals surface area contributed by atoms with Gasteiger partial charge >= 0.3 is 6.18 Å². The fraction of sp³-hybridized carbons (Fsp3) is 0.167. The summed E-state index contributed by atoms with van der Waals surface area (Å²) in [5.74, 6) is -0.767. The molecule has 1 heterocycles. The summed E-state index contributed by atoms with van der Waals surface area (Å²) in [5, 5.41) is 4.63. The third kappa shape index (κ3) is 5.35. The van der Waals surface area contributed by atoms with Crippen LogP contribution in [0, 0.1) is 0 Å². The highest BCUT2D eigenvalue weighted by atomic mass is 79.9. The number of amides is 2. The van der Waals surface area contributed by atoms with E-state index in [1.54, 1.807) is 24.3 Å². The van der Waals surface area contributed by atoms with Gasteiger partial charge in [0.1, 0.15) is 5.25 Å². The van der Waals surface area contributed by atoms with Crippen LogP contribution < -0.4 is 10.6 Å². The summed E-state index contributed by atoms with van der Waals surface area (Å²) in [5.41, 5.74) is -0.166. The quantitative estimate of drug-likeness (QED) is 0.677. The Hall–Kier alpha value is -2.33. The number of nitrogens with zero attached hydrogens (tertiary/aromatic N) is 1. The molecule has 1 aliphatic rings. The van der Waals surface area contributed by atoms with Gasteiger partial charge in [0, 0.05) is 16.6 Å². The second-order valence-electron chi connectivity index (χ2n) is 5.82. The van der Waals surface area contributed by atoms with Crippen molar-refractivity contribution in [3.63, 3.8) is 0 Å². The van der Waals surface area contributed by atoms with Gasteiger partial charge in [0.25, 0.3) is 0 Å². The molecule has 28 heavy (non-hydrogen) atoms. The van der Waals surface area contributed by atoms with Gasteiger partial charge in [-0.25, -0.2) is 4.99 Å². The van der Waals surface area contributed by atoms with Crippen LogP contribution in [-0.2, 0) is 15.8 Å². The van der Waals surface area contributed by atoms with Gasteiger partial charge < -0.3 is 10.6 Å². The average molecular weight is 472 g/mol. The Kier molecular flexibility index (Phi) is 6.09. The van der Waals surface area contributed by atoms with E-state index in [2.05, 4.69) is 31.6 Å². The van der Waals surface area contributed by atoms with Crippen LogP contribution in [0.2, 0.25) is 0 Å². The van der Waals surface area contributed by atoms with Crippen LogP contribution in [-0.4, -0.2) is 22.2 Å². The standard InChI is InChI=1S/C18H13BrF3N3O2S/c19-11-4-6-12(7-5-11)23-15(26)9-14-16(27)25-17(28-14)24-13-3-1-2-10(8-13)18(20,21)22/h1-8,14H,9H2,(H,23,26)(H,24,25,27). The SMILES string of the molecule is O=C(CC1SC(=Nc2cccc(C(F)(F)F)c2)NC1=O)Nc1ccc(Br)cc1. The van der Waals surface area contributed by atoms with Crippen LogP contribution in [0.4, 0.5) is 24.5 Å². The number of hydrogen-bond acceptors (Lipinski definition) is 4. The van der Waals surface area contributed by atoms with E-state index in [4.69, 9.17) is 0 Å². The highest BCUT2D eigenvalue weighted by Crippen LogP contribution is 2.32. The fourth-order valence-corrected chi connectivity index (χ4v) is 3.63. The van der Waals surface area contributed by atoms with Gasteiger partial charge in [-0.05, 0) is 42.5 Å². The minimum absolute atomic E-state index is 0.0672. The largest absolute Gasteiger partial charge is 0.416 e. The zero-order valence-electron chi connectivity index (χ0n) is 14.1. The van der Waals surface area contributed by atoms with E-state index in [-0.39, 0.29) is 23.2 Å². The average Bonchev–Trinajstić information content (AvgIpc) is 2.95. The molecule has 1 saturated heterocycles. The Balaban J connectivity index is 1.64. The summed E-state index contributed by atoms with van der Waals surface area (Å²) in [6.45, 7) is 0. The van der Waals surface area contributed by atoms with Crippen molar-refractivity contribution in [1.29, 1.82) is 0 Å². The first-order valence-electron chi connectivity index (χ1n) is 7.99. The number of carbonyl (C=O) groups is 2. The zero-order chi connectivity index (χ0) is 20.3. The van der Waals surface area contributed by atoms with Crippen molar-refractivity contribution in [2.45, 2.75) is 17.8 Å². The Bertz CT molecular complexity index is 932. The molecule has 2 aromatic carbocycles. The van der Waals surface area contributed by atoms with E-state index in [1.165, 1.54) is 12.1 Å². The normalized spacial score (nSPS) is 18.2. The number of benzene rings is 2. The molecule has 5 nitrogen and oxygen atoms in total. The van der Waals surface area contributed by atoms with E-state index in [0.29, 0.717) is 5.69 Å². The summed E-state index contributed by atoms with van der Waals surface area (Å²) in [6.07, 6.45) is -4.57. The van der Waals surface area contributed by atoms with E-state index in [9.17, 15) is 22.8 Å². The smallest absolute Gasteiger partial charge is 0.326 e. The van der Waals surface area contributed by atoms with Crippen LogP contribution in [0.25, 0.3) is 0 Å². The number of carbonyl (C=O) groups excluding carboxylic acids is 2. The number of nitrogens with one attached hydrogen (secondary N) is 2. The molecular formula is C18H13BrF3N3O2S. The lowest BCUT2D eigenvalue weighted by atomic mass is 10.2. The van der Waals surface area contributed by atoms with Crippen molar-refractivity contribution < 1.29 is 22.8 Å². The number of alkyl halides is 3. The Morgan fingerprint density at radius 1 is 1.21 bits per heavy atom. The molecule has 1 atom stereocenters. The molecule has 1 aliphatic heterocycles. The maximum atomic E-state index is 12.8. The monoisotopic (exact) mass is 471 g/mol. The summed E-state index contributed by atoms with van der Waals surface area (Å²) in [6, 6.07) is 11.5. The van der Waals surface area contributed by atoms with Crippen LogP contribution >= 0.6 is 27.7 Å². The molecule has 10 heteroatoms. The van der Waals surface area contributed by atoms with Gasteiger partial charge in [-0.2, -0.15) is 13.2 Å². The van der Waals surface area contributed by atoms with Crippen molar-refractivity contribution in [2.75, 3.05) is 5.32 Å². The Labute approximate surface area is 170 Å². The Morgan fingerprint density at radius 3 is 2.61 bits per heavy atom. The number of thioether (sulfide) groups is 1. The lowest BCUT2D eigenvalue weighted by Crippen LogP contribution is -2.28. The van der Waals surface area contributed by atoms with Crippen LogP contribution in [0.15, 0.2) is 58.0 Å². The first kappa shape index (κ1) is 20.4. The van der Waals surface area contributed by atoms with E-state index >= 15 is 0 Å². The Morgan fingerprint density at radius 2 is 1.93 bits per heavy atom. The van der Waals surface area contributed by atoms with Crippen molar-refractivity contribution in [1.82, 2.24) is 5.32 Å². The van der Waals surface area contributed by atoms with Crippen molar-refractivity contribution in [2.24, 2.45) is 4.99 Å². The molecule has 0 spiro atoms. The minimum Gasteiger partial charge on any atom is -0.326 e. The molecule has 2 N–H and O–H groups in total. The molecule has 0 aromatic heterocycles. The fourth-order valence-electron chi connectivity index (χ4n) is 2.37. The molecule has 1 fully saturated rings. The van der Waals surface area contributed by atoms with Gasteiger partial charge in [-0.15, -0.1) is 0 Å². The predicted molar refractivity (Wildman–Crippen MR) is 105 cm³/mol. The number of hydrogen-bond donors (Lipinski definition) is 2. The first-order chi connectivity index (χ1) is 13.2. The highest BCUT2D eigenvalue weighted by Gasteiger charge is 2.33. The minimum atomic E-state index is -4.48. The molecule has 1 unspecified atom stereocenters. The highest BCUT2D eigenvalue weighted by molar-refractivity contribution is 9.10. The molecular weight excluding hydrogens is 459 g/mol. The third-order valence-electron chi connectivity index (χ3n) is 3.68. The summed E-state index contributed by atoms with van der Waals surface area (Å²) in [7, 11) is 0. The summed E-state index contributed by atoms with van der Waals surface area (Å²) in [4.78, 5) is 28.2. The number of aliphatic imine (C=N–C) groups is 1. The summed E-state index contributed by atoms with van der Waals surface area (Å²) < 4.78 is 39.2. The van der Waals surface area contributed by atoms with Crippen molar-refractivity contribution >= 4 is 56.0 Å². The van der Waals surface area contributed by atoms with E-state index in [0.717, 1.165) is 28.4 Å². The molecule has 0 aliphatic carbocycles. The first-order valence-corrected chi connectivity index (χ1v) is 9.67. The van der Waals surface area contributed by atoms with Gasteiger partial charge in [0.05, 0.1) is 11.3 Å². The molecule has 2 amide bonds. The van der Waals surface area contributed by atoms with Crippen molar-refractivity contribution in [3.8, 4) is 0 Å². The van der Waals surface area contributed by atoms with E-state index < -0.39 is 22.9 Å². The maximum absolute atomic E-state index is 12.8. The zero-order valence-corrected chi connectivity index (χ0v) is 16.5. The maximum Gasteiger partial charge on any atom is 0.416 e. The van der Waals surface area contributed by atoms with Crippen molar-refractivity contribution in [3.05, 3.63) is 58.6 Å². The number of halogens is 4. The van der Waals surface area contributed by atoms with Crippen LogP contribution in [0.3, 0.4) is 0 Å². The van der Waals surface area contributed by atoms with Gasteiger partial charge in [0.15, 0.2) is 5.17 Å². The van der Waals surface area contributed by atoms with Gasteiger partial charge in [0.2, 0.25) is 11.8 Å². The third-order valence-corrected chi connectivity index (χ3v) is 5.29. The lowest BCUT2D eigenvalue weighted by molar-refractivity contribution is -0.137. The predicted octanol–water partition coefficient (Wildman–Crippen LogP) is 4.72. The molecule has 146 valence electrons. The molecule has 0 saturated carbocycles. The topological polar surface area (TPSA) is 70.6 Å². The second-order valence-corrected chi connectivity index (χ2v) is 7.93. The van der Waals surface area contributed by atoms with Crippen LogP contribution in [0.1, 0.15) is 12.0 Å². The summed E-state index contributed by atoms with van der Waals surface area (Å²) >= 11 is 4.30. The molecule has 0 radical (unpaired) electrons. The number of anilines is 1. The number of amidine groups is 1. The van der Waals surface area contributed by atoms with Gasteiger partial charge in [-0.1, -0.05) is 33.8 Å². The molecule has 2 aromatic rings. The number of rotatable bonds is 4. The lowest BCUT2D eigenvalue weighted by Gasteiger charge is -2.07.